The van der Waals surface area contributed by atoms with E-state index >= 15 is 0 Å². The standard InChI is InChI=1S/C11H17ClF2N6/c1-7(9-16-10(12)18-11(15)17-9)20-4-2-19(3-5-20)6-8(13)14/h7-8H,2-6H2,1H3,(H2,15,16,17,18)/t7-/m1/s1. The number of rotatable bonds is 4. The molecule has 2 rings (SSSR count). The molecule has 9 heteroatoms. The molecule has 0 saturated carbocycles. The van der Waals surface area contributed by atoms with Gasteiger partial charge in [-0.1, -0.05) is 0 Å². The highest BCUT2D eigenvalue weighted by atomic mass is 35.5. The van der Waals surface area contributed by atoms with Crippen molar-refractivity contribution in [3.05, 3.63) is 11.1 Å². The Kier molecular flexibility index (Phi) is 5.00. The van der Waals surface area contributed by atoms with Crippen molar-refractivity contribution in [2.24, 2.45) is 0 Å². The van der Waals surface area contributed by atoms with E-state index in [0.717, 1.165) is 0 Å². The summed E-state index contributed by atoms with van der Waals surface area (Å²) in [5, 5.41) is 0.0655. The molecule has 6 nitrogen and oxygen atoms in total. The molecule has 1 atom stereocenters. The molecule has 2 heterocycles. The van der Waals surface area contributed by atoms with Crippen molar-refractivity contribution in [2.45, 2.75) is 19.4 Å². The first kappa shape index (κ1) is 15.3. The minimum atomic E-state index is -2.29. The van der Waals surface area contributed by atoms with E-state index < -0.39 is 6.43 Å². The van der Waals surface area contributed by atoms with Gasteiger partial charge in [0, 0.05) is 26.2 Å². The lowest BCUT2D eigenvalue weighted by atomic mass is 10.2. The van der Waals surface area contributed by atoms with Gasteiger partial charge in [-0.25, -0.2) is 13.8 Å². The highest BCUT2D eigenvalue weighted by molar-refractivity contribution is 6.28. The minimum absolute atomic E-state index is 0.0655. The van der Waals surface area contributed by atoms with Gasteiger partial charge in [0.1, 0.15) is 0 Å². The number of anilines is 1. The number of nitrogen functional groups attached to an aromatic ring is 1. The Morgan fingerprint density at radius 2 is 1.85 bits per heavy atom. The highest BCUT2D eigenvalue weighted by Crippen LogP contribution is 2.20. The first-order valence-electron chi connectivity index (χ1n) is 6.37. The van der Waals surface area contributed by atoms with Crippen LogP contribution in [-0.4, -0.2) is 63.9 Å². The Bertz CT molecular complexity index is 432. The third kappa shape index (κ3) is 3.94. The van der Waals surface area contributed by atoms with Gasteiger partial charge in [0.15, 0.2) is 5.82 Å². The van der Waals surface area contributed by atoms with Gasteiger partial charge in [-0.15, -0.1) is 0 Å². The average molecular weight is 307 g/mol. The molecule has 0 bridgehead atoms. The molecule has 0 radical (unpaired) electrons. The molecule has 0 amide bonds. The molecule has 2 N–H and O–H groups in total. The van der Waals surface area contributed by atoms with E-state index in [-0.39, 0.29) is 23.8 Å². The molecule has 20 heavy (non-hydrogen) atoms. The van der Waals surface area contributed by atoms with Crippen LogP contribution in [0.5, 0.6) is 0 Å². The number of nitrogens with two attached hydrogens (primary N) is 1. The first-order chi connectivity index (χ1) is 9.45. The molecule has 1 aromatic rings. The quantitative estimate of drug-likeness (QED) is 0.896. The van der Waals surface area contributed by atoms with Gasteiger partial charge in [0.25, 0.3) is 6.43 Å². The summed E-state index contributed by atoms with van der Waals surface area (Å²) < 4.78 is 24.6. The smallest absolute Gasteiger partial charge is 0.251 e. The van der Waals surface area contributed by atoms with Gasteiger partial charge in [-0.2, -0.15) is 9.97 Å². The largest absolute Gasteiger partial charge is 0.368 e. The van der Waals surface area contributed by atoms with Gasteiger partial charge < -0.3 is 5.73 Å². The summed E-state index contributed by atoms with van der Waals surface area (Å²) in [6.07, 6.45) is -2.29. The fourth-order valence-electron chi connectivity index (χ4n) is 2.26. The Morgan fingerprint density at radius 3 is 2.40 bits per heavy atom. The summed E-state index contributed by atoms with van der Waals surface area (Å²) in [4.78, 5) is 15.7. The summed E-state index contributed by atoms with van der Waals surface area (Å²) >= 11 is 5.76. The van der Waals surface area contributed by atoms with Crippen molar-refractivity contribution < 1.29 is 8.78 Å². The maximum Gasteiger partial charge on any atom is 0.251 e. The number of nitrogens with zero attached hydrogens (tertiary/aromatic N) is 5. The summed E-state index contributed by atoms with van der Waals surface area (Å²) in [5.41, 5.74) is 5.55. The van der Waals surface area contributed by atoms with Gasteiger partial charge in [0.2, 0.25) is 11.2 Å². The van der Waals surface area contributed by atoms with E-state index in [1.165, 1.54) is 0 Å². The van der Waals surface area contributed by atoms with Crippen LogP contribution in [0.4, 0.5) is 14.7 Å². The molecule has 0 aromatic carbocycles. The molecule has 1 aliphatic rings. The minimum Gasteiger partial charge on any atom is -0.368 e. The third-order valence-corrected chi connectivity index (χ3v) is 3.54. The zero-order valence-corrected chi connectivity index (χ0v) is 11.9. The molecule has 0 aliphatic carbocycles. The number of aromatic nitrogens is 3. The van der Waals surface area contributed by atoms with E-state index in [4.69, 9.17) is 17.3 Å². The van der Waals surface area contributed by atoms with Crippen LogP contribution in [0.25, 0.3) is 0 Å². The van der Waals surface area contributed by atoms with Crippen LogP contribution in [0.3, 0.4) is 0 Å². The maximum absolute atomic E-state index is 12.3. The Hall–Kier alpha value is -1.12. The van der Waals surface area contributed by atoms with Crippen molar-refractivity contribution in [1.82, 2.24) is 24.8 Å². The summed E-state index contributed by atoms with van der Waals surface area (Å²) in [6.45, 7) is 4.32. The molecule has 1 fully saturated rings. The van der Waals surface area contributed by atoms with Crippen molar-refractivity contribution >= 4 is 17.5 Å². The molecule has 0 unspecified atom stereocenters. The van der Waals surface area contributed by atoms with Crippen LogP contribution in [0.2, 0.25) is 5.28 Å². The second-order valence-corrected chi connectivity index (χ2v) is 5.06. The SMILES string of the molecule is C[C@H](c1nc(N)nc(Cl)n1)N1CCN(CC(F)F)CC1. The monoisotopic (exact) mass is 306 g/mol. The first-order valence-corrected chi connectivity index (χ1v) is 6.75. The van der Waals surface area contributed by atoms with E-state index in [0.29, 0.717) is 32.0 Å². The van der Waals surface area contributed by atoms with Gasteiger partial charge in [0.05, 0.1) is 12.6 Å². The van der Waals surface area contributed by atoms with Crippen LogP contribution in [0.15, 0.2) is 0 Å². The lowest BCUT2D eigenvalue weighted by Crippen LogP contribution is -2.48. The Balaban J connectivity index is 1.96. The molecule has 1 aromatic heterocycles. The number of hydrogen-bond acceptors (Lipinski definition) is 6. The summed E-state index contributed by atoms with van der Waals surface area (Å²) in [6, 6.07) is -0.0773. The zero-order chi connectivity index (χ0) is 14.7. The molecule has 112 valence electrons. The van der Waals surface area contributed by atoms with Crippen LogP contribution < -0.4 is 5.73 Å². The summed E-state index contributed by atoms with van der Waals surface area (Å²) in [7, 11) is 0. The maximum atomic E-state index is 12.3. The lowest BCUT2D eigenvalue weighted by Gasteiger charge is -2.37. The third-order valence-electron chi connectivity index (χ3n) is 3.37. The van der Waals surface area contributed by atoms with Crippen LogP contribution in [0, 0.1) is 0 Å². The van der Waals surface area contributed by atoms with Crippen LogP contribution in [0.1, 0.15) is 18.8 Å². The summed E-state index contributed by atoms with van der Waals surface area (Å²) in [5.74, 6) is 0.591. The van der Waals surface area contributed by atoms with E-state index in [2.05, 4.69) is 19.9 Å². The predicted molar refractivity (Wildman–Crippen MR) is 71.7 cm³/mol. The number of alkyl halides is 2. The van der Waals surface area contributed by atoms with E-state index in [9.17, 15) is 8.78 Å². The molecular formula is C11H17ClF2N6. The van der Waals surface area contributed by atoms with Gasteiger partial charge in [-0.05, 0) is 18.5 Å². The van der Waals surface area contributed by atoms with E-state index in [1.54, 1.807) is 4.90 Å². The average Bonchev–Trinajstić information content (AvgIpc) is 2.37. The fraction of sp³-hybridized carbons (Fsp3) is 0.727. The number of hydrogen-bond donors (Lipinski definition) is 1. The van der Waals surface area contributed by atoms with Crippen molar-refractivity contribution in [1.29, 1.82) is 0 Å². The second-order valence-electron chi connectivity index (χ2n) is 4.72. The number of halogens is 3. The lowest BCUT2D eigenvalue weighted by molar-refractivity contribution is 0.0444. The van der Waals surface area contributed by atoms with E-state index in [1.807, 2.05) is 6.92 Å². The van der Waals surface area contributed by atoms with Crippen molar-refractivity contribution in [3.63, 3.8) is 0 Å². The fourth-order valence-corrected chi connectivity index (χ4v) is 2.43. The number of piperazine rings is 1. The van der Waals surface area contributed by atoms with Crippen LogP contribution >= 0.6 is 11.6 Å². The van der Waals surface area contributed by atoms with Crippen LogP contribution in [-0.2, 0) is 0 Å². The van der Waals surface area contributed by atoms with Crippen molar-refractivity contribution in [3.8, 4) is 0 Å². The normalized spacial score (nSPS) is 19.4. The molecule has 1 saturated heterocycles. The molecule has 1 aliphatic heterocycles. The predicted octanol–water partition coefficient (Wildman–Crippen LogP) is 1.05. The highest BCUT2D eigenvalue weighted by Gasteiger charge is 2.25. The van der Waals surface area contributed by atoms with Gasteiger partial charge in [-0.3, -0.25) is 9.80 Å². The second kappa shape index (κ2) is 6.55. The Morgan fingerprint density at radius 1 is 1.20 bits per heavy atom. The molecular weight excluding hydrogens is 290 g/mol. The molecule has 0 spiro atoms. The topological polar surface area (TPSA) is 71.2 Å². The van der Waals surface area contributed by atoms with Gasteiger partial charge >= 0.3 is 0 Å². The Labute approximate surface area is 120 Å². The zero-order valence-electron chi connectivity index (χ0n) is 11.1. The van der Waals surface area contributed by atoms with Crippen molar-refractivity contribution in [2.75, 3.05) is 38.5 Å².